The van der Waals surface area contributed by atoms with Crippen molar-refractivity contribution in [2.45, 2.75) is 58.4 Å². The second kappa shape index (κ2) is 7.87. The van der Waals surface area contributed by atoms with Crippen LogP contribution < -0.4 is 10.6 Å². The summed E-state index contributed by atoms with van der Waals surface area (Å²) in [6.07, 6.45) is 7.17. The van der Waals surface area contributed by atoms with Gasteiger partial charge in [0.05, 0.1) is 6.54 Å². The molecule has 6 nitrogen and oxygen atoms in total. The lowest BCUT2D eigenvalue weighted by Crippen LogP contribution is -2.44. The first-order chi connectivity index (χ1) is 9.78. The topological polar surface area (TPSA) is 75.3 Å². The third-order valence-electron chi connectivity index (χ3n) is 3.46. The highest BCUT2D eigenvalue weighted by Crippen LogP contribution is 2.17. The maximum Gasteiger partial charge on any atom is 0.228 e. The van der Waals surface area contributed by atoms with E-state index in [0.717, 1.165) is 12.5 Å². The quantitative estimate of drug-likeness (QED) is 0.635. The van der Waals surface area contributed by atoms with Crippen molar-refractivity contribution in [3.63, 3.8) is 0 Å². The summed E-state index contributed by atoms with van der Waals surface area (Å²) in [5, 5.41) is 10.6. The van der Waals surface area contributed by atoms with Crippen LogP contribution in [-0.2, 0) is 6.42 Å². The third-order valence-corrected chi connectivity index (χ3v) is 3.46. The smallest absolute Gasteiger partial charge is 0.228 e. The van der Waals surface area contributed by atoms with Crippen molar-refractivity contribution in [2.75, 3.05) is 13.1 Å². The van der Waals surface area contributed by atoms with Gasteiger partial charge in [-0.3, -0.25) is 4.99 Å². The second-order valence-electron chi connectivity index (χ2n) is 5.23. The van der Waals surface area contributed by atoms with E-state index >= 15 is 0 Å². The van der Waals surface area contributed by atoms with Crippen LogP contribution in [0.3, 0.4) is 0 Å². The normalized spacial score (nSPS) is 17.2. The maximum atomic E-state index is 5.08. The molecule has 1 fully saturated rings. The van der Waals surface area contributed by atoms with E-state index in [0.29, 0.717) is 30.7 Å². The van der Waals surface area contributed by atoms with Crippen molar-refractivity contribution < 1.29 is 4.52 Å². The molecule has 0 unspecified atom stereocenters. The lowest BCUT2D eigenvalue weighted by atomic mass is 9.96. The average molecular weight is 279 g/mol. The molecule has 0 bridgehead atoms. The van der Waals surface area contributed by atoms with Gasteiger partial charge >= 0.3 is 0 Å². The van der Waals surface area contributed by atoms with Gasteiger partial charge in [0.15, 0.2) is 11.8 Å². The maximum absolute atomic E-state index is 5.08. The Morgan fingerprint density at radius 1 is 1.35 bits per heavy atom. The number of guanidine groups is 1. The van der Waals surface area contributed by atoms with Gasteiger partial charge in [-0.05, 0) is 26.7 Å². The van der Waals surface area contributed by atoms with E-state index in [1.54, 1.807) is 0 Å². The highest BCUT2D eigenvalue weighted by Gasteiger charge is 2.14. The van der Waals surface area contributed by atoms with Gasteiger partial charge in [-0.1, -0.05) is 24.4 Å². The molecular weight excluding hydrogens is 254 g/mol. The van der Waals surface area contributed by atoms with Crippen LogP contribution in [0, 0.1) is 6.92 Å². The van der Waals surface area contributed by atoms with Gasteiger partial charge in [-0.25, -0.2) is 0 Å². The van der Waals surface area contributed by atoms with E-state index in [4.69, 9.17) is 4.52 Å². The Morgan fingerprint density at radius 3 is 2.80 bits per heavy atom. The highest BCUT2D eigenvalue weighted by atomic mass is 16.5. The summed E-state index contributed by atoms with van der Waals surface area (Å²) in [6, 6.07) is 0.562. The molecule has 0 amide bonds. The second-order valence-corrected chi connectivity index (χ2v) is 5.23. The molecule has 20 heavy (non-hydrogen) atoms. The van der Waals surface area contributed by atoms with Gasteiger partial charge in [0.2, 0.25) is 5.89 Å². The van der Waals surface area contributed by atoms with E-state index in [9.17, 15) is 0 Å². The van der Waals surface area contributed by atoms with Gasteiger partial charge in [0.1, 0.15) is 0 Å². The Bertz CT molecular complexity index is 423. The number of aryl methyl sites for hydroxylation is 1. The molecule has 6 heteroatoms. The minimum atomic E-state index is 0.562. The molecule has 0 saturated heterocycles. The SMILES string of the molecule is CCNC(=NCCc1nc(C)no1)NC1CCCCC1. The number of nitrogens with one attached hydrogen (secondary N) is 2. The summed E-state index contributed by atoms with van der Waals surface area (Å²) in [7, 11) is 0. The monoisotopic (exact) mass is 279 g/mol. The number of hydrogen-bond acceptors (Lipinski definition) is 4. The zero-order chi connectivity index (χ0) is 14.2. The van der Waals surface area contributed by atoms with Crippen LogP contribution in [0.1, 0.15) is 50.7 Å². The van der Waals surface area contributed by atoms with E-state index in [1.807, 2.05) is 6.92 Å². The summed E-state index contributed by atoms with van der Waals surface area (Å²) in [5.41, 5.74) is 0. The molecule has 2 rings (SSSR count). The molecule has 1 aliphatic carbocycles. The first kappa shape index (κ1) is 14.8. The predicted molar refractivity (Wildman–Crippen MR) is 78.7 cm³/mol. The zero-order valence-corrected chi connectivity index (χ0v) is 12.5. The summed E-state index contributed by atoms with van der Waals surface area (Å²) >= 11 is 0. The Labute approximate surface area is 120 Å². The van der Waals surface area contributed by atoms with Crippen molar-refractivity contribution in [3.05, 3.63) is 11.7 Å². The minimum Gasteiger partial charge on any atom is -0.357 e. The lowest BCUT2D eigenvalue weighted by molar-refractivity contribution is 0.376. The van der Waals surface area contributed by atoms with Gasteiger partial charge < -0.3 is 15.2 Å². The van der Waals surface area contributed by atoms with Crippen LogP contribution >= 0.6 is 0 Å². The first-order valence-corrected chi connectivity index (χ1v) is 7.62. The predicted octanol–water partition coefficient (Wildman–Crippen LogP) is 1.81. The molecule has 0 spiro atoms. The molecule has 1 saturated carbocycles. The van der Waals surface area contributed by atoms with Gasteiger partial charge in [0, 0.05) is 19.0 Å². The van der Waals surface area contributed by atoms with Crippen LogP contribution in [-0.4, -0.2) is 35.2 Å². The fraction of sp³-hybridized carbons (Fsp3) is 0.786. The van der Waals surface area contributed by atoms with Crippen LogP contribution in [0.25, 0.3) is 0 Å². The van der Waals surface area contributed by atoms with Crippen molar-refractivity contribution in [3.8, 4) is 0 Å². The molecule has 0 atom stereocenters. The van der Waals surface area contributed by atoms with Gasteiger partial charge in [-0.2, -0.15) is 4.98 Å². The van der Waals surface area contributed by atoms with E-state index in [2.05, 4.69) is 32.7 Å². The molecule has 1 heterocycles. The minimum absolute atomic E-state index is 0.562. The molecule has 0 aliphatic heterocycles. The summed E-state index contributed by atoms with van der Waals surface area (Å²) in [4.78, 5) is 8.76. The van der Waals surface area contributed by atoms with Crippen LogP contribution in [0.15, 0.2) is 9.52 Å². The molecule has 1 aliphatic rings. The lowest BCUT2D eigenvalue weighted by Gasteiger charge is -2.24. The highest BCUT2D eigenvalue weighted by molar-refractivity contribution is 5.80. The standard InChI is InChI=1S/C14H25N5O/c1-3-15-14(18-12-7-5-4-6-8-12)16-10-9-13-17-11(2)19-20-13/h12H,3-10H2,1-2H3,(H2,15,16,18). The van der Waals surface area contributed by atoms with E-state index in [1.165, 1.54) is 32.1 Å². The van der Waals surface area contributed by atoms with Crippen LogP contribution in [0.4, 0.5) is 0 Å². The number of aliphatic imine (C=N–C) groups is 1. The van der Waals surface area contributed by atoms with Crippen molar-refractivity contribution in [2.24, 2.45) is 4.99 Å². The fourth-order valence-electron chi connectivity index (χ4n) is 2.47. The van der Waals surface area contributed by atoms with E-state index < -0.39 is 0 Å². The average Bonchev–Trinajstić information content (AvgIpc) is 2.86. The summed E-state index contributed by atoms with van der Waals surface area (Å²) in [6.45, 7) is 5.44. The van der Waals surface area contributed by atoms with Gasteiger partial charge in [0.25, 0.3) is 0 Å². The number of rotatable bonds is 5. The summed E-state index contributed by atoms with van der Waals surface area (Å²) < 4.78 is 5.08. The Balaban J connectivity index is 1.81. The van der Waals surface area contributed by atoms with Crippen molar-refractivity contribution >= 4 is 5.96 Å². The molecular formula is C14H25N5O. The number of nitrogens with zero attached hydrogens (tertiary/aromatic N) is 3. The Kier molecular flexibility index (Phi) is 5.83. The first-order valence-electron chi connectivity index (χ1n) is 7.62. The Hall–Kier alpha value is -1.59. The zero-order valence-electron chi connectivity index (χ0n) is 12.5. The summed E-state index contributed by atoms with van der Waals surface area (Å²) in [5.74, 6) is 2.23. The molecule has 1 aromatic heterocycles. The number of hydrogen-bond donors (Lipinski definition) is 2. The van der Waals surface area contributed by atoms with Crippen LogP contribution in [0.5, 0.6) is 0 Å². The molecule has 0 aromatic carbocycles. The largest absolute Gasteiger partial charge is 0.357 e. The van der Waals surface area contributed by atoms with Crippen LogP contribution in [0.2, 0.25) is 0 Å². The van der Waals surface area contributed by atoms with E-state index in [-0.39, 0.29) is 0 Å². The van der Waals surface area contributed by atoms with Crippen molar-refractivity contribution in [1.29, 1.82) is 0 Å². The van der Waals surface area contributed by atoms with Gasteiger partial charge in [-0.15, -0.1) is 0 Å². The van der Waals surface area contributed by atoms with Crippen molar-refractivity contribution in [1.82, 2.24) is 20.8 Å². The number of aromatic nitrogens is 2. The molecule has 2 N–H and O–H groups in total. The molecule has 112 valence electrons. The fourth-order valence-corrected chi connectivity index (χ4v) is 2.47. The Morgan fingerprint density at radius 2 is 2.15 bits per heavy atom. The molecule has 1 aromatic rings. The molecule has 0 radical (unpaired) electrons. The third kappa shape index (κ3) is 4.83.